The van der Waals surface area contributed by atoms with E-state index in [2.05, 4.69) is 22.2 Å². The van der Waals surface area contributed by atoms with Crippen LogP contribution < -0.4 is 0 Å². The summed E-state index contributed by atoms with van der Waals surface area (Å²) in [5, 5.41) is 12.6. The van der Waals surface area contributed by atoms with Crippen LogP contribution in [0.2, 0.25) is 0 Å². The van der Waals surface area contributed by atoms with Gasteiger partial charge >= 0.3 is 0 Å². The number of aldehydes is 1. The van der Waals surface area contributed by atoms with Crippen LogP contribution >= 0.6 is 0 Å². The SMILES string of the molecule is C[C@@H]1CCC(n2cc(C=O)cn2)CN1C(=O)c1ccccc1-n1nccn1. The van der Waals surface area contributed by atoms with Gasteiger partial charge in [0.05, 0.1) is 41.4 Å². The first kappa shape index (κ1) is 17.1. The number of hydrogen-bond acceptors (Lipinski definition) is 5. The lowest BCUT2D eigenvalue weighted by atomic mass is 9.98. The average Bonchev–Trinajstić information content (AvgIpc) is 3.40. The number of aromatic nitrogens is 5. The molecule has 4 rings (SSSR count). The molecular weight excluding hydrogens is 344 g/mol. The van der Waals surface area contributed by atoms with Gasteiger partial charge in [0.15, 0.2) is 6.29 Å². The summed E-state index contributed by atoms with van der Waals surface area (Å²) in [5.41, 5.74) is 1.76. The molecule has 1 saturated heterocycles. The molecule has 1 amide bonds. The van der Waals surface area contributed by atoms with Crippen LogP contribution in [0.1, 0.15) is 46.5 Å². The van der Waals surface area contributed by atoms with Crippen molar-refractivity contribution in [3.63, 3.8) is 0 Å². The number of para-hydroxylation sites is 1. The van der Waals surface area contributed by atoms with Gasteiger partial charge < -0.3 is 4.90 Å². The molecule has 2 aromatic heterocycles. The van der Waals surface area contributed by atoms with Gasteiger partial charge in [-0.2, -0.15) is 20.1 Å². The lowest BCUT2D eigenvalue weighted by molar-refractivity contribution is 0.0559. The maximum absolute atomic E-state index is 13.3. The van der Waals surface area contributed by atoms with Crippen molar-refractivity contribution in [3.05, 3.63) is 60.2 Å². The number of benzene rings is 1. The zero-order valence-corrected chi connectivity index (χ0v) is 15.0. The molecule has 1 fully saturated rings. The highest BCUT2D eigenvalue weighted by molar-refractivity contribution is 5.98. The molecular formula is C19H20N6O2. The highest BCUT2D eigenvalue weighted by Gasteiger charge is 2.32. The predicted molar refractivity (Wildman–Crippen MR) is 97.7 cm³/mol. The quantitative estimate of drug-likeness (QED) is 0.662. The maximum Gasteiger partial charge on any atom is 0.256 e. The Morgan fingerprint density at radius 1 is 1.15 bits per heavy atom. The largest absolute Gasteiger partial charge is 0.334 e. The molecule has 8 nitrogen and oxygen atoms in total. The van der Waals surface area contributed by atoms with Gasteiger partial charge in [0.25, 0.3) is 5.91 Å². The molecule has 0 bridgehead atoms. The number of amides is 1. The van der Waals surface area contributed by atoms with E-state index in [1.807, 2.05) is 23.1 Å². The fourth-order valence-electron chi connectivity index (χ4n) is 3.52. The van der Waals surface area contributed by atoms with Crippen molar-refractivity contribution < 1.29 is 9.59 Å². The van der Waals surface area contributed by atoms with Crippen LogP contribution in [0.3, 0.4) is 0 Å². The number of piperidine rings is 1. The zero-order chi connectivity index (χ0) is 18.8. The minimum Gasteiger partial charge on any atom is -0.334 e. The van der Waals surface area contributed by atoms with Crippen LogP contribution in [0, 0.1) is 0 Å². The molecule has 3 aromatic rings. The molecule has 138 valence electrons. The van der Waals surface area contributed by atoms with E-state index >= 15 is 0 Å². The summed E-state index contributed by atoms with van der Waals surface area (Å²) in [6.45, 7) is 2.60. The Kier molecular flexibility index (Phi) is 4.53. The molecule has 27 heavy (non-hydrogen) atoms. The van der Waals surface area contributed by atoms with Gasteiger partial charge in [0.1, 0.15) is 0 Å². The van der Waals surface area contributed by atoms with E-state index in [1.54, 1.807) is 35.5 Å². The number of likely N-dealkylation sites (tertiary alicyclic amines) is 1. The number of nitrogens with zero attached hydrogens (tertiary/aromatic N) is 6. The molecule has 1 unspecified atom stereocenters. The lowest BCUT2D eigenvalue weighted by Crippen LogP contribution is -2.46. The Morgan fingerprint density at radius 3 is 2.67 bits per heavy atom. The second-order valence-electron chi connectivity index (χ2n) is 6.74. The highest BCUT2D eigenvalue weighted by Crippen LogP contribution is 2.28. The molecule has 8 heteroatoms. The molecule has 0 saturated carbocycles. The van der Waals surface area contributed by atoms with Gasteiger partial charge in [-0.25, -0.2) is 0 Å². The Morgan fingerprint density at radius 2 is 1.93 bits per heavy atom. The van der Waals surface area contributed by atoms with E-state index in [0.717, 1.165) is 19.1 Å². The smallest absolute Gasteiger partial charge is 0.256 e. The number of rotatable bonds is 4. The van der Waals surface area contributed by atoms with E-state index in [-0.39, 0.29) is 18.0 Å². The number of carbonyl (C=O) groups is 2. The average molecular weight is 364 g/mol. The molecule has 2 atom stereocenters. The van der Waals surface area contributed by atoms with Crippen LogP contribution in [0.25, 0.3) is 5.69 Å². The molecule has 1 aromatic carbocycles. The third-order valence-corrected chi connectivity index (χ3v) is 5.02. The van der Waals surface area contributed by atoms with Crippen molar-refractivity contribution in [2.24, 2.45) is 0 Å². The van der Waals surface area contributed by atoms with Gasteiger partial charge in [-0.15, -0.1) is 0 Å². The van der Waals surface area contributed by atoms with Gasteiger partial charge in [-0.05, 0) is 31.9 Å². The zero-order valence-electron chi connectivity index (χ0n) is 15.0. The van der Waals surface area contributed by atoms with Crippen LogP contribution in [0.4, 0.5) is 0 Å². The molecule has 0 spiro atoms. The first-order valence-electron chi connectivity index (χ1n) is 8.93. The van der Waals surface area contributed by atoms with Crippen molar-refractivity contribution in [1.29, 1.82) is 0 Å². The van der Waals surface area contributed by atoms with Gasteiger partial charge in [-0.3, -0.25) is 14.3 Å². The Labute approximate surface area is 156 Å². The second-order valence-corrected chi connectivity index (χ2v) is 6.74. The van der Waals surface area contributed by atoms with Crippen LogP contribution in [0.5, 0.6) is 0 Å². The summed E-state index contributed by atoms with van der Waals surface area (Å²) >= 11 is 0. The van der Waals surface area contributed by atoms with Crippen LogP contribution in [-0.2, 0) is 0 Å². The highest BCUT2D eigenvalue weighted by atomic mass is 16.2. The third-order valence-electron chi connectivity index (χ3n) is 5.02. The van der Waals surface area contributed by atoms with Crippen molar-refractivity contribution >= 4 is 12.2 Å². The normalized spacial score (nSPS) is 19.8. The molecule has 0 N–H and O–H groups in total. The summed E-state index contributed by atoms with van der Waals surface area (Å²) in [5.74, 6) is -0.0529. The maximum atomic E-state index is 13.3. The Bertz CT molecular complexity index is 949. The molecule has 0 radical (unpaired) electrons. The summed E-state index contributed by atoms with van der Waals surface area (Å²) in [7, 11) is 0. The van der Waals surface area contributed by atoms with Crippen molar-refractivity contribution in [2.75, 3.05) is 6.54 Å². The Hall–Kier alpha value is -3.29. The van der Waals surface area contributed by atoms with Gasteiger partial charge in [0.2, 0.25) is 0 Å². The van der Waals surface area contributed by atoms with Crippen LogP contribution in [0.15, 0.2) is 49.1 Å². The molecule has 3 heterocycles. The standard InChI is InChI=1S/C19H20N6O2/c1-14-6-7-16(24-11-15(13-26)10-22-24)12-23(14)19(27)17-4-2-3-5-18(17)25-20-8-9-21-25/h2-5,8-11,13-14,16H,6-7,12H2,1H3/t14-,16?/m1/s1. The molecule has 0 aliphatic carbocycles. The summed E-state index contributed by atoms with van der Waals surface area (Å²) < 4.78 is 1.79. The molecule has 1 aliphatic heterocycles. The first-order valence-corrected chi connectivity index (χ1v) is 8.93. The summed E-state index contributed by atoms with van der Waals surface area (Å²) in [6, 6.07) is 7.51. The van der Waals surface area contributed by atoms with Crippen LogP contribution in [-0.4, -0.2) is 54.5 Å². The third kappa shape index (κ3) is 3.25. The van der Waals surface area contributed by atoms with E-state index in [4.69, 9.17) is 0 Å². The fraction of sp³-hybridized carbons (Fsp3) is 0.316. The van der Waals surface area contributed by atoms with E-state index < -0.39 is 0 Å². The number of carbonyl (C=O) groups excluding carboxylic acids is 2. The van der Waals surface area contributed by atoms with Gasteiger partial charge in [0, 0.05) is 18.8 Å². The van der Waals surface area contributed by atoms with Gasteiger partial charge in [-0.1, -0.05) is 12.1 Å². The summed E-state index contributed by atoms with van der Waals surface area (Å²) in [4.78, 5) is 27.6. The minimum absolute atomic E-state index is 0.0499. The monoisotopic (exact) mass is 364 g/mol. The fourth-order valence-corrected chi connectivity index (χ4v) is 3.52. The van der Waals surface area contributed by atoms with Crippen molar-refractivity contribution in [3.8, 4) is 5.69 Å². The first-order chi connectivity index (χ1) is 13.2. The van der Waals surface area contributed by atoms with E-state index in [9.17, 15) is 9.59 Å². The van der Waals surface area contributed by atoms with Crippen molar-refractivity contribution in [1.82, 2.24) is 29.7 Å². The lowest BCUT2D eigenvalue weighted by Gasteiger charge is -2.38. The molecule has 1 aliphatic rings. The topological polar surface area (TPSA) is 85.9 Å². The van der Waals surface area contributed by atoms with Crippen molar-refractivity contribution in [2.45, 2.75) is 31.8 Å². The number of hydrogen-bond donors (Lipinski definition) is 0. The predicted octanol–water partition coefficient (Wildman–Crippen LogP) is 2.14. The minimum atomic E-state index is -0.0529. The van der Waals surface area contributed by atoms with E-state index in [1.165, 1.54) is 4.80 Å². The summed E-state index contributed by atoms with van der Waals surface area (Å²) in [6.07, 6.45) is 9.02. The van der Waals surface area contributed by atoms with E-state index in [0.29, 0.717) is 23.4 Å². The Balaban J connectivity index is 1.62. The second kappa shape index (κ2) is 7.14.